The first kappa shape index (κ1) is 17.7. The Labute approximate surface area is 144 Å². The Bertz CT molecular complexity index is 787. The van der Waals surface area contributed by atoms with Gasteiger partial charge in [-0.2, -0.15) is 4.39 Å². The van der Waals surface area contributed by atoms with E-state index in [9.17, 15) is 19.3 Å². The highest BCUT2D eigenvalue weighted by Crippen LogP contribution is 2.35. The lowest BCUT2D eigenvalue weighted by Gasteiger charge is -2.12. The minimum Gasteiger partial charge on any atom is -0.495 e. The van der Waals surface area contributed by atoms with Gasteiger partial charge < -0.3 is 14.8 Å². The number of hydrogen-bond acceptors (Lipinski definition) is 5. The van der Waals surface area contributed by atoms with Crippen LogP contribution >= 0.6 is 15.9 Å². The van der Waals surface area contributed by atoms with Crippen LogP contribution in [0.5, 0.6) is 11.5 Å². The van der Waals surface area contributed by atoms with Gasteiger partial charge in [0.15, 0.2) is 0 Å². The molecule has 2 aromatic carbocycles. The molecule has 24 heavy (non-hydrogen) atoms. The molecular formula is C15H12BrFN2O5. The number of nitrogens with one attached hydrogen (secondary N) is 1. The SMILES string of the molecule is COc1cc(C(=O)Nc2ccc(F)c([N+](=O)[O-])c2)cc(OC)c1Br. The molecule has 0 spiro atoms. The van der Waals surface area contributed by atoms with Crippen molar-refractivity contribution in [3.05, 3.63) is 56.3 Å². The van der Waals surface area contributed by atoms with Gasteiger partial charge in [0.05, 0.1) is 19.1 Å². The molecule has 126 valence electrons. The third-order valence-corrected chi connectivity index (χ3v) is 3.89. The number of benzene rings is 2. The first-order valence-electron chi connectivity index (χ1n) is 6.54. The number of anilines is 1. The van der Waals surface area contributed by atoms with Gasteiger partial charge in [-0.25, -0.2) is 0 Å². The van der Waals surface area contributed by atoms with E-state index in [-0.39, 0.29) is 11.3 Å². The summed E-state index contributed by atoms with van der Waals surface area (Å²) in [5, 5.41) is 13.2. The van der Waals surface area contributed by atoms with Crippen molar-refractivity contribution in [1.29, 1.82) is 0 Å². The molecule has 0 saturated carbocycles. The predicted octanol–water partition coefficient (Wildman–Crippen LogP) is 3.77. The average molecular weight is 399 g/mol. The molecule has 0 unspecified atom stereocenters. The summed E-state index contributed by atoms with van der Waals surface area (Å²) in [5.41, 5.74) is -0.424. The molecule has 0 bridgehead atoms. The zero-order chi connectivity index (χ0) is 17.9. The molecule has 0 atom stereocenters. The first-order chi connectivity index (χ1) is 11.4. The molecule has 9 heteroatoms. The van der Waals surface area contributed by atoms with E-state index in [0.29, 0.717) is 16.0 Å². The number of halogens is 2. The molecule has 0 aliphatic carbocycles. The van der Waals surface area contributed by atoms with Gasteiger partial charge in [-0.15, -0.1) is 0 Å². The van der Waals surface area contributed by atoms with Crippen molar-refractivity contribution in [2.75, 3.05) is 19.5 Å². The summed E-state index contributed by atoms with van der Waals surface area (Å²) < 4.78 is 24.2. The van der Waals surface area contributed by atoms with Crippen LogP contribution in [0.15, 0.2) is 34.8 Å². The monoisotopic (exact) mass is 398 g/mol. The topological polar surface area (TPSA) is 90.7 Å². The number of hydrogen-bond donors (Lipinski definition) is 1. The molecule has 2 aromatic rings. The Morgan fingerprint density at radius 3 is 2.29 bits per heavy atom. The van der Waals surface area contributed by atoms with Gasteiger partial charge in [0.25, 0.3) is 5.91 Å². The lowest BCUT2D eigenvalue weighted by molar-refractivity contribution is -0.387. The minimum absolute atomic E-state index is 0.0916. The molecule has 0 heterocycles. The van der Waals surface area contributed by atoms with Crippen LogP contribution in [0.4, 0.5) is 15.8 Å². The summed E-state index contributed by atoms with van der Waals surface area (Å²) in [5.74, 6) is -0.779. The van der Waals surface area contributed by atoms with Gasteiger partial charge in [-0.3, -0.25) is 14.9 Å². The largest absolute Gasteiger partial charge is 0.495 e. The van der Waals surface area contributed by atoms with Gasteiger partial charge in [0.1, 0.15) is 16.0 Å². The van der Waals surface area contributed by atoms with E-state index in [1.54, 1.807) is 0 Å². The van der Waals surface area contributed by atoms with Gasteiger partial charge >= 0.3 is 5.69 Å². The third kappa shape index (κ3) is 3.62. The zero-order valence-corrected chi connectivity index (χ0v) is 14.2. The summed E-state index contributed by atoms with van der Waals surface area (Å²) in [6, 6.07) is 6.03. The maximum absolute atomic E-state index is 13.3. The fraction of sp³-hybridized carbons (Fsp3) is 0.133. The highest BCUT2D eigenvalue weighted by atomic mass is 79.9. The van der Waals surface area contributed by atoms with Crippen molar-refractivity contribution >= 4 is 33.2 Å². The van der Waals surface area contributed by atoms with Crippen LogP contribution in [0.3, 0.4) is 0 Å². The minimum atomic E-state index is -0.982. The number of methoxy groups -OCH3 is 2. The second-order valence-corrected chi connectivity index (χ2v) is 5.37. The number of nitro groups is 1. The smallest absolute Gasteiger partial charge is 0.306 e. The van der Waals surface area contributed by atoms with Crippen molar-refractivity contribution < 1.29 is 23.6 Å². The third-order valence-electron chi connectivity index (χ3n) is 3.11. The molecule has 1 N–H and O–H groups in total. The van der Waals surface area contributed by atoms with Crippen molar-refractivity contribution in [3.8, 4) is 11.5 Å². The van der Waals surface area contributed by atoms with Crippen LogP contribution in [0.1, 0.15) is 10.4 Å². The van der Waals surface area contributed by atoms with Crippen LogP contribution < -0.4 is 14.8 Å². The van der Waals surface area contributed by atoms with Crippen molar-refractivity contribution in [3.63, 3.8) is 0 Å². The predicted molar refractivity (Wildman–Crippen MR) is 88.3 cm³/mol. The Hall–Kier alpha value is -2.68. The normalized spacial score (nSPS) is 10.2. The first-order valence-corrected chi connectivity index (χ1v) is 7.33. The fourth-order valence-corrected chi connectivity index (χ4v) is 2.49. The van der Waals surface area contributed by atoms with Gasteiger partial charge in [-0.05, 0) is 40.2 Å². The Morgan fingerprint density at radius 2 is 1.79 bits per heavy atom. The van der Waals surface area contributed by atoms with E-state index in [1.807, 2.05) is 0 Å². The molecule has 0 radical (unpaired) electrons. The van der Waals surface area contributed by atoms with Gasteiger partial charge in [-0.1, -0.05) is 0 Å². The Morgan fingerprint density at radius 1 is 1.21 bits per heavy atom. The van der Waals surface area contributed by atoms with Gasteiger partial charge in [0, 0.05) is 17.3 Å². The van der Waals surface area contributed by atoms with E-state index in [0.717, 1.165) is 12.1 Å². The lowest BCUT2D eigenvalue weighted by Crippen LogP contribution is -2.12. The summed E-state index contributed by atoms with van der Waals surface area (Å²) in [6.07, 6.45) is 0. The lowest BCUT2D eigenvalue weighted by atomic mass is 10.1. The van der Waals surface area contributed by atoms with Crippen LogP contribution in [-0.4, -0.2) is 25.1 Å². The van der Waals surface area contributed by atoms with Crippen LogP contribution in [0, 0.1) is 15.9 Å². The van der Waals surface area contributed by atoms with Crippen molar-refractivity contribution in [2.45, 2.75) is 0 Å². The summed E-state index contributed by atoms with van der Waals surface area (Å²) in [6.45, 7) is 0. The number of nitrogens with zero attached hydrogens (tertiary/aromatic N) is 1. The van der Waals surface area contributed by atoms with Crippen LogP contribution in [-0.2, 0) is 0 Å². The molecule has 0 saturated heterocycles. The molecule has 0 aliphatic heterocycles. The fourth-order valence-electron chi connectivity index (χ4n) is 1.93. The van der Waals surface area contributed by atoms with Crippen molar-refractivity contribution in [2.24, 2.45) is 0 Å². The number of amides is 1. The second-order valence-electron chi connectivity index (χ2n) is 4.57. The molecule has 0 fully saturated rings. The average Bonchev–Trinajstić information content (AvgIpc) is 2.56. The van der Waals surface area contributed by atoms with Crippen molar-refractivity contribution in [1.82, 2.24) is 0 Å². The van der Waals surface area contributed by atoms with Crippen LogP contribution in [0.25, 0.3) is 0 Å². The number of nitro benzene ring substituents is 1. The van der Waals surface area contributed by atoms with E-state index in [2.05, 4.69) is 21.2 Å². The van der Waals surface area contributed by atoms with E-state index in [4.69, 9.17) is 9.47 Å². The molecule has 2 rings (SSSR count). The second kappa shape index (κ2) is 7.26. The van der Waals surface area contributed by atoms with Crippen LogP contribution in [0.2, 0.25) is 0 Å². The molecular weight excluding hydrogens is 387 g/mol. The van der Waals surface area contributed by atoms with E-state index in [1.165, 1.54) is 32.4 Å². The maximum atomic E-state index is 13.3. The highest BCUT2D eigenvalue weighted by molar-refractivity contribution is 9.10. The molecule has 0 aliphatic rings. The number of carbonyl (C=O) groups is 1. The van der Waals surface area contributed by atoms with E-state index >= 15 is 0 Å². The summed E-state index contributed by atoms with van der Waals surface area (Å²) in [4.78, 5) is 22.2. The quantitative estimate of drug-likeness (QED) is 0.611. The highest BCUT2D eigenvalue weighted by Gasteiger charge is 2.18. The zero-order valence-electron chi connectivity index (χ0n) is 12.6. The molecule has 1 amide bonds. The number of rotatable bonds is 5. The van der Waals surface area contributed by atoms with E-state index < -0.39 is 22.3 Å². The summed E-state index contributed by atoms with van der Waals surface area (Å²) in [7, 11) is 2.87. The number of ether oxygens (including phenoxy) is 2. The van der Waals surface area contributed by atoms with Gasteiger partial charge in [0.2, 0.25) is 5.82 Å². The standard InChI is InChI=1S/C15H12BrFN2O5/c1-23-12-5-8(6-13(24-2)14(12)16)15(20)18-9-3-4-10(17)11(7-9)19(21)22/h3-7H,1-2H3,(H,18,20). The maximum Gasteiger partial charge on any atom is 0.306 e. The number of carbonyl (C=O) groups excluding carboxylic acids is 1. The molecule has 7 nitrogen and oxygen atoms in total. The molecule has 0 aromatic heterocycles. The Balaban J connectivity index is 2.33. The Kier molecular flexibility index (Phi) is 5.35. The summed E-state index contributed by atoms with van der Waals surface area (Å²) >= 11 is 3.29.